The van der Waals surface area contributed by atoms with Gasteiger partial charge < -0.3 is 13.7 Å². The molecule has 0 bridgehead atoms. The molecule has 0 aliphatic heterocycles. The van der Waals surface area contributed by atoms with Crippen LogP contribution in [0.15, 0.2) is 63.9 Å². The van der Waals surface area contributed by atoms with Crippen molar-refractivity contribution in [1.29, 1.82) is 0 Å². The average Bonchev–Trinajstić information content (AvgIpc) is 3.47. The minimum atomic E-state index is 0.258. The Balaban J connectivity index is 1.61. The Bertz CT molecular complexity index is 1230. The van der Waals surface area contributed by atoms with Crippen LogP contribution in [0.5, 0.6) is 5.88 Å². The van der Waals surface area contributed by atoms with Crippen molar-refractivity contribution < 1.29 is 13.7 Å². The smallest absolute Gasteiger partial charge is 0.243 e. The quantitative estimate of drug-likeness (QED) is 0.461. The molecule has 138 valence electrons. The topological polar surface area (TPSA) is 104 Å². The third-order valence-electron chi connectivity index (χ3n) is 4.09. The Hall–Kier alpha value is -4.01. The number of pyridine rings is 1. The zero-order valence-corrected chi connectivity index (χ0v) is 14.8. The summed E-state index contributed by atoms with van der Waals surface area (Å²) in [6.07, 6.45) is 3.31. The number of aryl methyl sites for hydroxylation is 1. The van der Waals surface area contributed by atoms with Gasteiger partial charge in [0.25, 0.3) is 0 Å². The summed E-state index contributed by atoms with van der Waals surface area (Å²) in [6.45, 7) is 2.07. The molecule has 9 nitrogen and oxygen atoms in total. The molecule has 5 aromatic heterocycles. The molecule has 0 saturated carbocycles. The molecule has 5 heterocycles. The second kappa shape index (κ2) is 6.62. The van der Waals surface area contributed by atoms with Gasteiger partial charge in [-0.3, -0.25) is 4.98 Å². The fraction of sp³-hybridized carbons (Fsp3) is 0.105. The lowest BCUT2D eigenvalue weighted by molar-refractivity contribution is 0.285. The summed E-state index contributed by atoms with van der Waals surface area (Å²) in [6, 6.07) is 12.9. The minimum absolute atomic E-state index is 0.258. The summed E-state index contributed by atoms with van der Waals surface area (Å²) in [5.41, 5.74) is 2.53. The monoisotopic (exact) mass is 374 g/mol. The molecule has 5 rings (SSSR count). The first-order valence-corrected chi connectivity index (χ1v) is 8.55. The summed E-state index contributed by atoms with van der Waals surface area (Å²) in [5.74, 6) is 2.12. The van der Waals surface area contributed by atoms with Crippen LogP contribution in [-0.2, 0) is 6.61 Å². The maximum absolute atomic E-state index is 5.97. The fourth-order valence-electron chi connectivity index (χ4n) is 2.79. The molecule has 0 aliphatic rings. The molecule has 0 spiro atoms. The maximum atomic E-state index is 5.97. The Kier molecular flexibility index (Phi) is 3.82. The zero-order chi connectivity index (χ0) is 18.9. The van der Waals surface area contributed by atoms with E-state index in [2.05, 4.69) is 25.4 Å². The van der Waals surface area contributed by atoms with E-state index in [1.54, 1.807) is 29.1 Å². The first kappa shape index (κ1) is 16.2. The van der Waals surface area contributed by atoms with E-state index in [-0.39, 0.29) is 6.61 Å². The number of hydrogen-bond donors (Lipinski definition) is 0. The highest BCUT2D eigenvalue weighted by Crippen LogP contribution is 2.31. The molecule has 0 N–H and O–H groups in total. The van der Waals surface area contributed by atoms with Gasteiger partial charge in [0.05, 0.1) is 17.5 Å². The van der Waals surface area contributed by atoms with Crippen LogP contribution in [0.25, 0.3) is 28.5 Å². The van der Waals surface area contributed by atoms with Gasteiger partial charge in [0, 0.05) is 18.3 Å². The van der Waals surface area contributed by atoms with Crippen molar-refractivity contribution in [3.8, 4) is 28.7 Å². The number of fused-ring (bicyclic) bond motifs is 1. The molecule has 0 aliphatic carbocycles. The standard InChI is InChI=1S/C19H14N6O3/c1-12-9-15(24-28-12)18-22-21-17-10-14(16-6-4-8-26-16)19(23-25(17)18)27-11-13-5-2-3-7-20-13/h2-10H,11H2,1H3. The van der Waals surface area contributed by atoms with Gasteiger partial charge >= 0.3 is 0 Å². The number of furan rings is 1. The fourth-order valence-corrected chi connectivity index (χ4v) is 2.79. The van der Waals surface area contributed by atoms with Gasteiger partial charge in [-0.05, 0) is 31.2 Å². The van der Waals surface area contributed by atoms with E-state index in [4.69, 9.17) is 13.7 Å². The van der Waals surface area contributed by atoms with E-state index in [0.29, 0.717) is 40.1 Å². The minimum Gasteiger partial charge on any atom is -0.470 e. The molecule has 0 fully saturated rings. The second-order valence-electron chi connectivity index (χ2n) is 6.07. The third-order valence-corrected chi connectivity index (χ3v) is 4.09. The lowest BCUT2D eigenvalue weighted by Gasteiger charge is -2.09. The third kappa shape index (κ3) is 2.88. The van der Waals surface area contributed by atoms with Crippen LogP contribution in [0.3, 0.4) is 0 Å². The van der Waals surface area contributed by atoms with Crippen LogP contribution in [0, 0.1) is 6.92 Å². The molecule has 0 atom stereocenters. The molecular weight excluding hydrogens is 360 g/mol. The van der Waals surface area contributed by atoms with Crippen LogP contribution in [0.2, 0.25) is 0 Å². The summed E-state index contributed by atoms with van der Waals surface area (Å²) in [7, 11) is 0. The Morgan fingerprint density at radius 1 is 1.11 bits per heavy atom. The van der Waals surface area contributed by atoms with Crippen molar-refractivity contribution in [2.75, 3.05) is 0 Å². The van der Waals surface area contributed by atoms with E-state index in [0.717, 1.165) is 5.69 Å². The van der Waals surface area contributed by atoms with Gasteiger partial charge in [-0.25, -0.2) is 0 Å². The van der Waals surface area contributed by atoms with Gasteiger partial charge in [-0.2, -0.15) is 4.52 Å². The SMILES string of the molecule is Cc1cc(-c2nnc3cc(-c4ccco4)c(OCc4ccccn4)nn23)no1. The highest BCUT2D eigenvalue weighted by Gasteiger charge is 2.19. The Labute approximate surface area is 158 Å². The predicted molar refractivity (Wildman–Crippen MR) is 97.3 cm³/mol. The van der Waals surface area contributed by atoms with E-state index >= 15 is 0 Å². The van der Waals surface area contributed by atoms with Gasteiger partial charge in [0.1, 0.15) is 18.1 Å². The van der Waals surface area contributed by atoms with Crippen molar-refractivity contribution in [2.24, 2.45) is 0 Å². The number of aromatic nitrogens is 6. The van der Waals surface area contributed by atoms with Crippen molar-refractivity contribution in [3.05, 3.63) is 66.4 Å². The zero-order valence-electron chi connectivity index (χ0n) is 14.8. The molecule has 9 heteroatoms. The van der Waals surface area contributed by atoms with Gasteiger partial charge in [0.15, 0.2) is 11.3 Å². The molecule has 0 radical (unpaired) electrons. The molecule has 0 amide bonds. The summed E-state index contributed by atoms with van der Waals surface area (Å²) >= 11 is 0. The molecule has 0 unspecified atom stereocenters. The highest BCUT2D eigenvalue weighted by atomic mass is 16.5. The largest absolute Gasteiger partial charge is 0.470 e. The average molecular weight is 374 g/mol. The highest BCUT2D eigenvalue weighted by molar-refractivity contribution is 5.69. The summed E-state index contributed by atoms with van der Waals surface area (Å²) in [4.78, 5) is 4.28. The first-order valence-electron chi connectivity index (χ1n) is 8.55. The molecule has 0 saturated heterocycles. The van der Waals surface area contributed by atoms with Gasteiger partial charge in [-0.1, -0.05) is 11.2 Å². The van der Waals surface area contributed by atoms with Gasteiger partial charge in [-0.15, -0.1) is 15.3 Å². The summed E-state index contributed by atoms with van der Waals surface area (Å²) < 4.78 is 18.2. The lowest BCUT2D eigenvalue weighted by Crippen LogP contribution is -2.04. The lowest BCUT2D eigenvalue weighted by atomic mass is 10.2. The molecule has 28 heavy (non-hydrogen) atoms. The van der Waals surface area contributed by atoms with Crippen LogP contribution in [0.4, 0.5) is 0 Å². The number of rotatable bonds is 5. The van der Waals surface area contributed by atoms with E-state index < -0.39 is 0 Å². The van der Waals surface area contributed by atoms with Crippen molar-refractivity contribution in [2.45, 2.75) is 13.5 Å². The second-order valence-corrected chi connectivity index (χ2v) is 6.07. The maximum Gasteiger partial charge on any atom is 0.243 e. The normalized spacial score (nSPS) is 11.2. The molecule has 0 aromatic carbocycles. The Morgan fingerprint density at radius 2 is 2.07 bits per heavy atom. The van der Waals surface area contributed by atoms with Crippen LogP contribution in [-0.4, -0.2) is 30.0 Å². The van der Waals surface area contributed by atoms with Crippen molar-refractivity contribution in [3.63, 3.8) is 0 Å². The van der Waals surface area contributed by atoms with Crippen LogP contribution >= 0.6 is 0 Å². The number of ether oxygens (including phenoxy) is 1. The predicted octanol–water partition coefficient (Wildman–Crippen LogP) is 3.32. The molecule has 5 aromatic rings. The van der Waals surface area contributed by atoms with E-state index in [9.17, 15) is 0 Å². The van der Waals surface area contributed by atoms with E-state index in [1.807, 2.05) is 37.3 Å². The summed E-state index contributed by atoms with van der Waals surface area (Å²) in [5, 5.41) is 17.0. The number of nitrogens with zero attached hydrogens (tertiary/aromatic N) is 6. The van der Waals surface area contributed by atoms with Crippen LogP contribution in [0.1, 0.15) is 11.5 Å². The van der Waals surface area contributed by atoms with Crippen LogP contribution < -0.4 is 4.74 Å². The van der Waals surface area contributed by atoms with Gasteiger partial charge in [0.2, 0.25) is 11.7 Å². The van der Waals surface area contributed by atoms with E-state index in [1.165, 1.54) is 0 Å². The first-order chi connectivity index (χ1) is 13.8. The van der Waals surface area contributed by atoms with Crippen molar-refractivity contribution >= 4 is 5.65 Å². The number of hydrogen-bond acceptors (Lipinski definition) is 8. The molecular formula is C19H14N6O3. The Morgan fingerprint density at radius 3 is 2.82 bits per heavy atom. The van der Waals surface area contributed by atoms with Crippen molar-refractivity contribution in [1.82, 2.24) is 30.0 Å².